The smallest absolute Gasteiger partial charge is 0.417 e. The number of carbonyl (C=O) groups excluding carboxylic acids is 1. The maximum absolute atomic E-state index is 14.1. The zero-order valence-corrected chi connectivity index (χ0v) is 25.0. The Bertz CT molecular complexity index is 1690. The summed E-state index contributed by atoms with van der Waals surface area (Å²) in [4.78, 5) is 14.4. The largest absolute Gasteiger partial charge is 0.486 e. The van der Waals surface area contributed by atoms with E-state index in [0.717, 1.165) is 4.31 Å². The molecule has 0 fully saturated rings. The van der Waals surface area contributed by atoms with Gasteiger partial charge in [-0.2, -0.15) is 13.2 Å². The fraction of sp³-hybridized carbons (Fsp3) is 0.310. The Morgan fingerprint density at radius 1 is 1.22 bits per heavy atom. The van der Waals surface area contributed by atoms with Gasteiger partial charge in [0, 0.05) is 28.8 Å². The van der Waals surface area contributed by atoms with Crippen molar-refractivity contribution < 1.29 is 54.5 Å². The minimum Gasteiger partial charge on any atom is -0.486 e. The Kier molecular flexibility index (Phi) is 10.6. The van der Waals surface area contributed by atoms with Crippen molar-refractivity contribution >= 4 is 45.4 Å². The van der Waals surface area contributed by atoms with Crippen LogP contribution in [0.5, 0.6) is 11.6 Å². The molecule has 1 aliphatic rings. The third-order valence-corrected chi connectivity index (χ3v) is 8.72. The molecule has 2 heterocycles. The number of aliphatic hydroxyl groups excluding tert-OH is 1. The fourth-order valence-electron chi connectivity index (χ4n) is 4.43. The number of fused-ring (bicyclic) bond motifs is 1. The molecule has 9 nitrogen and oxygen atoms in total. The quantitative estimate of drug-likeness (QED) is 0.146. The number of halogens is 6. The van der Waals surface area contributed by atoms with E-state index in [1.54, 1.807) is 0 Å². The summed E-state index contributed by atoms with van der Waals surface area (Å²) in [5, 5.41) is 9.22. The van der Waals surface area contributed by atoms with E-state index >= 15 is 0 Å². The molecule has 0 saturated carbocycles. The van der Waals surface area contributed by atoms with E-state index < -0.39 is 70.8 Å². The highest BCUT2D eigenvalue weighted by Gasteiger charge is 2.39. The lowest BCUT2D eigenvalue weighted by atomic mass is 10.0. The number of pyridine rings is 1. The first-order valence-corrected chi connectivity index (χ1v) is 15.0. The van der Waals surface area contributed by atoms with Crippen LogP contribution < -0.4 is 13.8 Å². The lowest BCUT2D eigenvalue weighted by Crippen LogP contribution is -2.44. The van der Waals surface area contributed by atoms with Gasteiger partial charge in [0.2, 0.25) is 5.88 Å². The second-order valence-corrected chi connectivity index (χ2v) is 11.8. The van der Waals surface area contributed by atoms with Crippen LogP contribution in [0.15, 0.2) is 53.6 Å². The number of benzene rings is 2. The molecule has 0 amide bonds. The Morgan fingerprint density at radius 3 is 2.64 bits per heavy atom. The van der Waals surface area contributed by atoms with E-state index in [0.29, 0.717) is 17.8 Å². The molecule has 1 aliphatic heterocycles. The molecule has 1 N–H and O–H groups in total. The highest BCUT2D eigenvalue weighted by Crippen LogP contribution is 2.42. The first-order chi connectivity index (χ1) is 21.3. The number of rotatable bonds is 11. The average Bonchev–Trinajstić information content (AvgIpc) is 3.00. The highest BCUT2D eigenvalue weighted by molar-refractivity contribution is 7.93. The van der Waals surface area contributed by atoms with Gasteiger partial charge >= 0.3 is 12.1 Å². The highest BCUT2D eigenvalue weighted by atomic mass is 35.5. The fourth-order valence-corrected chi connectivity index (χ4v) is 6.29. The number of hydrogen-bond donors (Lipinski definition) is 1. The van der Waals surface area contributed by atoms with Crippen molar-refractivity contribution in [3.05, 3.63) is 75.9 Å². The van der Waals surface area contributed by atoms with Gasteiger partial charge in [0.15, 0.2) is 4.90 Å². The molecule has 0 saturated heterocycles. The molecule has 0 radical (unpaired) electrons. The Morgan fingerprint density at radius 2 is 1.98 bits per heavy atom. The van der Waals surface area contributed by atoms with Crippen molar-refractivity contribution in [3.8, 4) is 11.6 Å². The van der Waals surface area contributed by atoms with Crippen molar-refractivity contribution in [2.45, 2.75) is 36.4 Å². The number of nitrogens with zero attached hydrogens (tertiary/aromatic N) is 2. The SMILES string of the molecule is COC(=O)CCC1CN(S(=O)(=O)c2cc(C(F)(F)F)cnc2OCCO)c2cc(C=Cc3c(Cl)cccc3C(F)F)ccc2O1. The standard InChI is InChI=1S/C29H26ClF5N2O7S/c1-42-26(39)10-7-19-16-37(45(40,41)25-14-18(29(33,34)35)15-36-28(25)43-12-11-38)23-13-17(6-9-24(23)44-19)5-8-20-21(27(31)32)3-2-4-22(20)30/h2-6,8-9,13-15,19,27,38H,7,10-12,16H2,1H3. The van der Waals surface area contributed by atoms with Gasteiger partial charge in [-0.05, 0) is 36.2 Å². The summed E-state index contributed by atoms with van der Waals surface area (Å²) < 4.78 is 113. The number of aromatic nitrogens is 1. The molecule has 1 aromatic heterocycles. The van der Waals surface area contributed by atoms with Gasteiger partial charge in [-0.25, -0.2) is 22.2 Å². The topological polar surface area (TPSA) is 115 Å². The molecule has 45 heavy (non-hydrogen) atoms. The second kappa shape index (κ2) is 14.0. The number of hydrogen-bond acceptors (Lipinski definition) is 8. The van der Waals surface area contributed by atoms with Crippen LogP contribution >= 0.6 is 11.6 Å². The van der Waals surface area contributed by atoms with Gasteiger partial charge in [0.25, 0.3) is 16.4 Å². The van der Waals surface area contributed by atoms with Crippen molar-refractivity contribution in [3.63, 3.8) is 0 Å². The van der Waals surface area contributed by atoms with E-state index in [2.05, 4.69) is 9.72 Å². The summed E-state index contributed by atoms with van der Waals surface area (Å²) in [7, 11) is -3.71. The molecule has 4 rings (SSSR count). The number of ether oxygens (including phenoxy) is 3. The lowest BCUT2D eigenvalue weighted by molar-refractivity contribution is -0.141. The van der Waals surface area contributed by atoms with Crippen LogP contribution in [-0.2, 0) is 25.7 Å². The zero-order chi connectivity index (χ0) is 32.9. The molecule has 0 spiro atoms. The summed E-state index contributed by atoms with van der Waals surface area (Å²) in [5.41, 5.74) is -1.43. The Labute approximate surface area is 259 Å². The monoisotopic (exact) mass is 676 g/mol. The average molecular weight is 677 g/mol. The van der Waals surface area contributed by atoms with Gasteiger partial charge in [-0.1, -0.05) is 42.0 Å². The summed E-state index contributed by atoms with van der Waals surface area (Å²) in [5.74, 6) is -1.25. The van der Waals surface area contributed by atoms with Gasteiger partial charge < -0.3 is 19.3 Å². The van der Waals surface area contributed by atoms with E-state index in [1.807, 2.05) is 0 Å². The predicted octanol–water partition coefficient (Wildman–Crippen LogP) is 6.14. The maximum Gasteiger partial charge on any atom is 0.417 e. The minimum absolute atomic E-state index is 0.00257. The van der Waals surface area contributed by atoms with Crippen molar-refractivity contribution in [1.82, 2.24) is 4.98 Å². The van der Waals surface area contributed by atoms with Gasteiger partial charge in [0.05, 0.1) is 31.5 Å². The molecule has 1 unspecified atom stereocenters. The number of alkyl halides is 5. The van der Waals surface area contributed by atoms with Crippen LogP contribution in [0.3, 0.4) is 0 Å². The third-order valence-electron chi connectivity index (χ3n) is 6.62. The van der Waals surface area contributed by atoms with Crippen LogP contribution in [0.1, 0.15) is 41.5 Å². The number of anilines is 1. The predicted molar refractivity (Wildman–Crippen MR) is 154 cm³/mol. The molecule has 1 atom stereocenters. The number of carbonyl (C=O) groups is 1. The number of sulfonamides is 1. The summed E-state index contributed by atoms with van der Waals surface area (Å²) in [6.07, 6.45) is -5.72. The van der Waals surface area contributed by atoms with Crippen molar-refractivity contribution in [1.29, 1.82) is 0 Å². The van der Waals surface area contributed by atoms with E-state index in [4.69, 9.17) is 26.2 Å². The number of esters is 1. The normalized spacial score (nSPS) is 15.2. The number of methoxy groups -OCH3 is 1. The Hall–Kier alpha value is -3.95. The summed E-state index contributed by atoms with van der Waals surface area (Å²) >= 11 is 6.14. The first kappa shape index (κ1) is 33.9. The van der Waals surface area contributed by atoms with Gasteiger partial charge in [-0.3, -0.25) is 9.10 Å². The summed E-state index contributed by atoms with van der Waals surface area (Å²) in [6.45, 7) is -1.47. The molecule has 242 valence electrons. The maximum atomic E-state index is 14.1. The summed E-state index contributed by atoms with van der Waals surface area (Å²) in [6, 6.07) is 8.63. The van der Waals surface area contributed by atoms with Crippen LogP contribution in [0.2, 0.25) is 5.02 Å². The first-order valence-electron chi connectivity index (χ1n) is 13.2. The van der Waals surface area contributed by atoms with E-state index in [1.165, 1.54) is 55.7 Å². The van der Waals surface area contributed by atoms with Crippen molar-refractivity contribution in [2.75, 3.05) is 31.2 Å². The zero-order valence-electron chi connectivity index (χ0n) is 23.4. The van der Waals surface area contributed by atoms with Gasteiger partial charge in [-0.15, -0.1) is 0 Å². The molecular formula is C29H26ClF5N2O7S. The molecule has 2 aromatic carbocycles. The molecule has 0 aliphatic carbocycles. The molecule has 0 bridgehead atoms. The van der Waals surface area contributed by atoms with Crippen molar-refractivity contribution in [2.24, 2.45) is 0 Å². The van der Waals surface area contributed by atoms with Gasteiger partial charge in [0.1, 0.15) is 18.5 Å². The molecular weight excluding hydrogens is 651 g/mol. The molecule has 3 aromatic rings. The van der Waals surface area contributed by atoms with Crippen LogP contribution in [-0.4, -0.2) is 57.4 Å². The third kappa shape index (κ3) is 7.83. The van der Waals surface area contributed by atoms with Crippen LogP contribution in [0.25, 0.3) is 12.2 Å². The molecule has 16 heteroatoms. The van der Waals surface area contributed by atoms with E-state index in [9.17, 15) is 35.2 Å². The Balaban J connectivity index is 1.83. The second-order valence-electron chi connectivity index (χ2n) is 9.59. The van der Waals surface area contributed by atoms with Crippen LogP contribution in [0.4, 0.5) is 27.6 Å². The van der Waals surface area contributed by atoms with Crippen LogP contribution in [0, 0.1) is 0 Å². The van der Waals surface area contributed by atoms with E-state index in [-0.39, 0.29) is 40.4 Å². The lowest BCUT2D eigenvalue weighted by Gasteiger charge is -2.36. The number of aliphatic hydroxyl groups is 1. The minimum atomic E-state index is -4.95.